The highest BCUT2D eigenvalue weighted by Gasteiger charge is 2.18. The summed E-state index contributed by atoms with van der Waals surface area (Å²) in [5.41, 5.74) is 0.974. The van der Waals surface area contributed by atoms with Crippen LogP contribution in [-0.4, -0.2) is 49.5 Å². The van der Waals surface area contributed by atoms with E-state index in [1.165, 1.54) is 23.9 Å². The Kier molecular flexibility index (Phi) is 6.45. The van der Waals surface area contributed by atoms with E-state index in [9.17, 15) is 13.6 Å². The lowest BCUT2D eigenvalue weighted by Crippen LogP contribution is -2.41. The van der Waals surface area contributed by atoms with Crippen LogP contribution in [0.4, 0.5) is 8.78 Å². The third kappa shape index (κ3) is 5.14. The van der Waals surface area contributed by atoms with Crippen LogP contribution in [0.1, 0.15) is 17.7 Å². The zero-order valence-corrected chi connectivity index (χ0v) is 13.2. The van der Waals surface area contributed by atoms with Gasteiger partial charge < -0.3 is 14.4 Å². The molecule has 0 bridgehead atoms. The minimum atomic E-state index is -2.82. The summed E-state index contributed by atoms with van der Waals surface area (Å²) in [6.45, 7) is 1.65. The number of hydrogen-bond donors (Lipinski definition) is 0. The maximum absolute atomic E-state index is 12.1. The number of carbonyl (C=O) groups is 1. The number of alkyl halides is 2. The lowest BCUT2D eigenvalue weighted by molar-refractivity contribution is -0.132. The van der Waals surface area contributed by atoms with Crippen molar-refractivity contribution in [3.8, 4) is 5.75 Å². The molecule has 1 heterocycles. The molecular formula is C15H19F2NO3S. The van der Waals surface area contributed by atoms with E-state index >= 15 is 0 Å². The van der Waals surface area contributed by atoms with Crippen LogP contribution in [0, 0.1) is 0 Å². The van der Waals surface area contributed by atoms with Crippen LogP contribution in [0.5, 0.6) is 5.75 Å². The van der Waals surface area contributed by atoms with Crippen LogP contribution >= 0.6 is 11.8 Å². The van der Waals surface area contributed by atoms with Crippen LogP contribution in [0.3, 0.4) is 0 Å². The van der Waals surface area contributed by atoms with Crippen LogP contribution in [0.15, 0.2) is 24.3 Å². The van der Waals surface area contributed by atoms with Gasteiger partial charge in [0.15, 0.2) is 0 Å². The van der Waals surface area contributed by atoms with Gasteiger partial charge >= 0.3 is 6.61 Å². The third-order valence-electron chi connectivity index (χ3n) is 3.40. The number of rotatable bonds is 6. The molecule has 1 aliphatic rings. The molecule has 1 aromatic carbocycles. The van der Waals surface area contributed by atoms with Crippen molar-refractivity contribution in [2.45, 2.75) is 18.8 Å². The Bertz CT molecular complexity index is 478. The summed E-state index contributed by atoms with van der Waals surface area (Å²) in [5, 5.41) is 0.102. The van der Waals surface area contributed by atoms with E-state index in [1.807, 2.05) is 11.8 Å². The summed E-state index contributed by atoms with van der Waals surface area (Å²) >= 11 is 1.53. The van der Waals surface area contributed by atoms with Gasteiger partial charge in [0.2, 0.25) is 5.91 Å². The lowest BCUT2D eigenvalue weighted by Gasteiger charge is -2.27. The Morgan fingerprint density at radius 3 is 2.55 bits per heavy atom. The fourth-order valence-electron chi connectivity index (χ4n) is 2.12. The molecule has 1 fully saturated rings. The van der Waals surface area contributed by atoms with E-state index < -0.39 is 6.61 Å². The summed E-state index contributed by atoms with van der Waals surface area (Å²) < 4.78 is 33.7. The van der Waals surface area contributed by atoms with Gasteiger partial charge in [-0.25, -0.2) is 0 Å². The van der Waals surface area contributed by atoms with E-state index in [0.29, 0.717) is 32.1 Å². The molecule has 0 radical (unpaired) electrons. The number of ether oxygens (including phenoxy) is 2. The van der Waals surface area contributed by atoms with Gasteiger partial charge in [0.25, 0.3) is 0 Å². The molecule has 1 amide bonds. The van der Waals surface area contributed by atoms with E-state index in [-0.39, 0.29) is 16.9 Å². The first-order chi connectivity index (χ1) is 10.6. The molecule has 0 aliphatic carbocycles. The Morgan fingerprint density at radius 2 is 1.95 bits per heavy atom. The van der Waals surface area contributed by atoms with Crippen molar-refractivity contribution in [1.29, 1.82) is 0 Å². The second kappa shape index (κ2) is 8.33. The van der Waals surface area contributed by atoms with Crippen molar-refractivity contribution < 1.29 is 23.0 Å². The molecule has 7 heteroatoms. The molecule has 0 N–H and O–H groups in total. The number of benzene rings is 1. The third-order valence-corrected chi connectivity index (χ3v) is 4.58. The number of hydrogen-bond acceptors (Lipinski definition) is 4. The maximum Gasteiger partial charge on any atom is 0.387 e. The van der Waals surface area contributed by atoms with Crippen molar-refractivity contribution in [3.05, 3.63) is 29.8 Å². The van der Waals surface area contributed by atoms with Crippen molar-refractivity contribution in [2.75, 3.05) is 32.1 Å². The molecule has 4 nitrogen and oxygen atoms in total. The van der Waals surface area contributed by atoms with Crippen LogP contribution in [0.25, 0.3) is 0 Å². The average Bonchev–Trinajstić information content (AvgIpc) is 2.53. The molecule has 1 aliphatic heterocycles. The number of thioether (sulfide) groups is 1. The number of carbonyl (C=O) groups excluding carboxylic acids is 1. The highest BCUT2D eigenvalue weighted by molar-refractivity contribution is 8.00. The predicted octanol–water partition coefficient (Wildman–Crippen LogP) is 2.94. The molecule has 0 unspecified atom stereocenters. The summed E-state index contributed by atoms with van der Waals surface area (Å²) in [4.78, 5) is 13.9. The SMILES string of the molecule is C[C@H](SCC(=O)N1CCOCC1)c1ccc(OC(F)F)cc1. The maximum atomic E-state index is 12.1. The monoisotopic (exact) mass is 331 g/mol. The second-order valence-corrected chi connectivity index (χ2v) is 6.22. The topological polar surface area (TPSA) is 38.8 Å². The van der Waals surface area contributed by atoms with E-state index in [4.69, 9.17) is 4.74 Å². The predicted molar refractivity (Wildman–Crippen MR) is 81.3 cm³/mol. The van der Waals surface area contributed by atoms with Crippen molar-refractivity contribution in [2.24, 2.45) is 0 Å². The van der Waals surface area contributed by atoms with Crippen molar-refractivity contribution in [3.63, 3.8) is 0 Å². The highest BCUT2D eigenvalue weighted by atomic mass is 32.2. The fourth-order valence-corrected chi connectivity index (χ4v) is 3.04. The van der Waals surface area contributed by atoms with Gasteiger partial charge in [-0.1, -0.05) is 12.1 Å². The normalized spacial score (nSPS) is 16.6. The zero-order valence-electron chi connectivity index (χ0n) is 12.3. The molecule has 1 aromatic rings. The first-order valence-corrected chi connectivity index (χ1v) is 8.13. The Labute approximate surface area is 132 Å². The van der Waals surface area contributed by atoms with Gasteiger partial charge in [0.1, 0.15) is 5.75 Å². The van der Waals surface area contributed by atoms with Crippen LogP contribution in [-0.2, 0) is 9.53 Å². The van der Waals surface area contributed by atoms with Crippen molar-refractivity contribution >= 4 is 17.7 Å². The van der Waals surface area contributed by atoms with Crippen molar-refractivity contribution in [1.82, 2.24) is 4.90 Å². The van der Waals surface area contributed by atoms with Crippen LogP contribution < -0.4 is 4.74 Å². The standard InChI is InChI=1S/C15H19F2NO3S/c1-11(12-2-4-13(5-3-12)21-15(16)17)22-10-14(19)18-6-8-20-9-7-18/h2-5,11,15H,6-10H2,1H3/t11-/m0/s1. The Balaban J connectivity index is 1.81. The first-order valence-electron chi connectivity index (χ1n) is 7.08. The quantitative estimate of drug-likeness (QED) is 0.803. The Hall–Kier alpha value is -1.34. The minimum Gasteiger partial charge on any atom is -0.435 e. The molecule has 1 saturated heterocycles. The summed E-state index contributed by atoms with van der Waals surface area (Å²) in [7, 11) is 0. The van der Waals surface area contributed by atoms with Gasteiger partial charge in [-0.2, -0.15) is 8.78 Å². The van der Waals surface area contributed by atoms with E-state index in [1.54, 1.807) is 12.1 Å². The molecule has 22 heavy (non-hydrogen) atoms. The molecule has 122 valence electrons. The number of amides is 1. The highest BCUT2D eigenvalue weighted by Crippen LogP contribution is 2.29. The summed E-state index contributed by atoms with van der Waals surface area (Å²) in [6, 6.07) is 6.52. The molecule has 0 spiro atoms. The van der Waals surface area contributed by atoms with Gasteiger partial charge in [0, 0.05) is 18.3 Å². The largest absolute Gasteiger partial charge is 0.435 e. The summed E-state index contributed by atoms with van der Waals surface area (Å²) in [5.74, 6) is 0.648. The average molecular weight is 331 g/mol. The zero-order chi connectivity index (χ0) is 15.9. The number of nitrogens with zero attached hydrogens (tertiary/aromatic N) is 1. The second-order valence-electron chi connectivity index (χ2n) is 4.89. The fraction of sp³-hybridized carbons (Fsp3) is 0.533. The van der Waals surface area contributed by atoms with Crippen LogP contribution in [0.2, 0.25) is 0 Å². The first kappa shape index (κ1) is 17.0. The Morgan fingerprint density at radius 1 is 1.32 bits per heavy atom. The molecule has 2 rings (SSSR count). The molecule has 0 saturated carbocycles. The number of morpholine rings is 1. The smallest absolute Gasteiger partial charge is 0.387 e. The lowest BCUT2D eigenvalue weighted by atomic mass is 10.2. The number of halogens is 2. The van der Waals surface area contributed by atoms with E-state index in [0.717, 1.165) is 5.56 Å². The van der Waals surface area contributed by atoms with Gasteiger partial charge in [-0.15, -0.1) is 11.8 Å². The van der Waals surface area contributed by atoms with Gasteiger partial charge in [-0.3, -0.25) is 4.79 Å². The van der Waals surface area contributed by atoms with Gasteiger partial charge in [0.05, 0.1) is 19.0 Å². The summed E-state index contributed by atoms with van der Waals surface area (Å²) in [6.07, 6.45) is 0. The molecule has 1 atom stereocenters. The van der Waals surface area contributed by atoms with Gasteiger partial charge in [-0.05, 0) is 24.6 Å². The minimum absolute atomic E-state index is 0.102. The molecule has 0 aromatic heterocycles. The van der Waals surface area contributed by atoms with E-state index in [2.05, 4.69) is 4.74 Å². The molecular weight excluding hydrogens is 312 g/mol.